The molecule has 0 aromatic heterocycles. The number of aliphatic hydroxyl groups excluding tert-OH is 2. The Morgan fingerprint density at radius 2 is 1.47 bits per heavy atom. The second-order valence-electron chi connectivity index (χ2n) is 7.63. The van der Waals surface area contributed by atoms with Crippen LogP contribution in [0.1, 0.15) is 11.1 Å². The van der Waals surface area contributed by atoms with Gasteiger partial charge in [-0.3, -0.25) is 0 Å². The van der Waals surface area contributed by atoms with Crippen molar-refractivity contribution >= 4 is 40.9 Å². The number of carbonyl (C=O) groups excluding carboxylic acids is 1. The summed E-state index contributed by atoms with van der Waals surface area (Å²) in [6, 6.07) is 17.6. The van der Waals surface area contributed by atoms with Crippen molar-refractivity contribution in [2.24, 2.45) is 0 Å². The normalized spacial score (nSPS) is 25.0. The van der Waals surface area contributed by atoms with E-state index in [9.17, 15) is 15.0 Å². The number of benzene rings is 2. The van der Waals surface area contributed by atoms with Gasteiger partial charge in [0.25, 0.3) is 0 Å². The molecule has 8 nitrogen and oxygen atoms in total. The Morgan fingerprint density at radius 3 is 1.97 bits per heavy atom. The van der Waals surface area contributed by atoms with E-state index >= 15 is 0 Å². The summed E-state index contributed by atoms with van der Waals surface area (Å²) in [4.78, 5) is 12.3. The zero-order valence-electron chi connectivity index (χ0n) is 18.1. The monoisotopic (exact) mass is 533 g/mol. The lowest BCUT2D eigenvalue weighted by atomic mass is 9.96. The van der Waals surface area contributed by atoms with Crippen molar-refractivity contribution in [3.05, 3.63) is 71.8 Å². The summed E-state index contributed by atoms with van der Waals surface area (Å²) in [5, 5.41) is 23.0. The quantitative estimate of drug-likeness (QED) is 0.424. The molecule has 186 valence electrons. The van der Waals surface area contributed by atoms with Crippen LogP contribution in [0.4, 0.5) is 4.79 Å². The van der Waals surface area contributed by atoms with E-state index in [-0.39, 0.29) is 13.2 Å². The number of aliphatic hydroxyl groups is 2. The Morgan fingerprint density at radius 1 is 0.941 bits per heavy atom. The van der Waals surface area contributed by atoms with Gasteiger partial charge in [-0.2, -0.15) is 0 Å². The molecule has 5 atom stereocenters. The topological polar surface area (TPSA) is 106 Å². The molecule has 0 unspecified atom stereocenters. The summed E-state index contributed by atoms with van der Waals surface area (Å²) in [6.45, 7) is -0.595. The summed E-state index contributed by atoms with van der Waals surface area (Å²) in [7, 11) is 0. The van der Waals surface area contributed by atoms with Crippen molar-refractivity contribution in [3.8, 4) is 0 Å². The van der Waals surface area contributed by atoms with Gasteiger partial charge in [0, 0.05) is 0 Å². The highest BCUT2D eigenvalue weighted by atomic mass is 35.6. The van der Waals surface area contributed by atoms with Gasteiger partial charge >= 0.3 is 6.09 Å². The van der Waals surface area contributed by atoms with Gasteiger partial charge in [-0.05, 0) is 11.1 Å². The van der Waals surface area contributed by atoms with Gasteiger partial charge in [0.2, 0.25) is 3.79 Å². The molecular weight excluding hydrogens is 509 g/mol. The molecule has 0 bridgehead atoms. The summed E-state index contributed by atoms with van der Waals surface area (Å²) >= 11 is 16.9. The van der Waals surface area contributed by atoms with Gasteiger partial charge in [-0.25, -0.2) is 4.79 Å². The van der Waals surface area contributed by atoms with Crippen molar-refractivity contribution in [1.29, 1.82) is 0 Å². The summed E-state index contributed by atoms with van der Waals surface area (Å²) in [6.07, 6.45) is -5.12. The van der Waals surface area contributed by atoms with E-state index in [0.717, 1.165) is 11.1 Å². The van der Waals surface area contributed by atoms with Crippen LogP contribution < -0.4 is 5.32 Å². The zero-order valence-corrected chi connectivity index (χ0v) is 20.3. The maximum Gasteiger partial charge on any atom is 0.407 e. The molecule has 1 fully saturated rings. The number of rotatable bonds is 9. The molecule has 0 aliphatic carbocycles. The Bertz CT molecular complexity index is 885. The van der Waals surface area contributed by atoms with Crippen LogP contribution in [0, 0.1) is 0 Å². The molecule has 11 heteroatoms. The first kappa shape index (κ1) is 27.0. The minimum atomic E-state index is -1.80. The Kier molecular flexibility index (Phi) is 10.2. The number of hydrogen-bond donors (Lipinski definition) is 3. The Balaban J connectivity index is 1.79. The van der Waals surface area contributed by atoms with E-state index in [4.69, 9.17) is 53.8 Å². The average molecular weight is 535 g/mol. The molecule has 1 heterocycles. The minimum absolute atomic E-state index is 0.156. The number of alkyl carbamates (subject to hydrolysis) is 1. The van der Waals surface area contributed by atoms with Gasteiger partial charge in [0.15, 0.2) is 6.29 Å². The first-order chi connectivity index (χ1) is 16.3. The van der Waals surface area contributed by atoms with Crippen LogP contribution in [-0.4, -0.2) is 64.0 Å². The molecule has 0 saturated carbocycles. The third-order valence-electron chi connectivity index (χ3n) is 5.07. The molecular formula is C23H26Cl3NO7. The van der Waals surface area contributed by atoms with Gasteiger partial charge in [-0.1, -0.05) is 95.5 Å². The predicted octanol–water partition coefficient (Wildman–Crippen LogP) is 3.33. The van der Waals surface area contributed by atoms with Gasteiger partial charge in [0.1, 0.15) is 31.0 Å². The third-order valence-corrected chi connectivity index (χ3v) is 5.39. The molecule has 3 N–H and O–H groups in total. The van der Waals surface area contributed by atoms with Gasteiger partial charge in [-0.15, -0.1) is 0 Å². The molecule has 1 amide bonds. The first-order valence-corrected chi connectivity index (χ1v) is 11.7. The standard InChI is InChI=1S/C23H26Cl3NO7/c24-23(25,26)14-33-22(30)27-18-20(32-13-16-9-5-2-6-10-16)19(17(11-28)34-21(18)29)31-12-15-7-3-1-4-8-15/h1-10,17-21,28-29H,11-14H2,(H,27,30)/t17-,18+,19-,20-,21+/m1/s1. The molecule has 0 radical (unpaired) electrons. The lowest BCUT2D eigenvalue weighted by Gasteiger charge is -2.44. The number of hydrogen-bond acceptors (Lipinski definition) is 7. The van der Waals surface area contributed by atoms with E-state index in [1.807, 2.05) is 60.7 Å². The largest absolute Gasteiger partial charge is 0.445 e. The third kappa shape index (κ3) is 8.25. The second-order valence-corrected chi connectivity index (χ2v) is 10.1. The Hall–Kier alpha value is -1.62. The second kappa shape index (κ2) is 12.9. The molecule has 1 aliphatic heterocycles. The van der Waals surface area contributed by atoms with Crippen LogP contribution in [0.25, 0.3) is 0 Å². The van der Waals surface area contributed by atoms with Crippen molar-refractivity contribution in [3.63, 3.8) is 0 Å². The SMILES string of the molecule is O=C(N[C@H]1[C@@H](OCc2ccccc2)[C@H](OCc2ccccc2)[C@@H](CO)O[C@@H]1O)OCC(Cl)(Cl)Cl. The van der Waals surface area contributed by atoms with Crippen LogP contribution in [0.5, 0.6) is 0 Å². The van der Waals surface area contributed by atoms with Gasteiger partial charge < -0.3 is 34.5 Å². The van der Waals surface area contributed by atoms with Crippen LogP contribution in [0.3, 0.4) is 0 Å². The minimum Gasteiger partial charge on any atom is -0.445 e. The van der Waals surface area contributed by atoms with Crippen molar-refractivity contribution < 1.29 is 34.0 Å². The van der Waals surface area contributed by atoms with Crippen LogP contribution in [0.2, 0.25) is 0 Å². The number of carbonyl (C=O) groups is 1. The van der Waals surface area contributed by atoms with E-state index in [1.54, 1.807) is 0 Å². The van der Waals surface area contributed by atoms with Crippen molar-refractivity contribution in [1.82, 2.24) is 5.32 Å². The van der Waals surface area contributed by atoms with Crippen molar-refractivity contribution in [2.45, 2.75) is 47.7 Å². The molecule has 1 saturated heterocycles. The maximum absolute atomic E-state index is 12.3. The number of ether oxygens (including phenoxy) is 4. The lowest BCUT2D eigenvalue weighted by Crippen LogP contribution is -2.65. The molecule has 0 spiro atoms. The molecule has 2 aromatic carbocycles. The van der Waals surface area contributed by atoms with Gasteiger partial charge in [0.05, 0.1) is 19.8 Å². The van der Waals surface area contributed by atoms with E-state index in [0.29, 0.717) is 0 Å². The Labute approximate surface area is 212 Å². The smallest absolute Gasteiger partial charge is 0.407 e. The first-order valence-electron chi connectivity index (χ1n) is 10.5. The van der Waals surface area contributed by atoms with E-state index < -0.39 is 53.7 Å². The highest BCUT2D eigenvalue weighted by Crippen LogP contribution is 2.28. The van der Waals surface area contributed by atoms with E-state index in [2.05, 4.69) is 5.32 Å². The fraction of sp³-hybridized carbons (Fsp3) is 0.435. The molecule has 34 heavy (non-hydrogen) atoms. The summed E-state index contributed by atoms with van der Waals surface area (Å²) < 4.78 is 20.8. The number of alkyl halides is 3. The fourth-order valence-electron chi connectivity index (χ4n) is 3.48. The van der Waals surface area contributed by atoms with Crippen LogP contribution >= 0.6 is 34.8 Å². The fourth-order valence-corrected chi connectivity index (χ4v) is 3.64. The molecule has 3 rings (SSSR count). The maximum atomic E-state index is 12.3. The zero-order chi connectivity index (χ0) is 24.6. The number of amides is 1. The number of nitrogens with one attached hydrogen (secondary N) is 1. The predicted molar refractivity (Wildman–Crippen MR) is 127 cm³/mol. The summed E-state index contributed by atoms with van der Waals surface area (Å²) in [5.74, 6) is 0. The highest BCUT2D eigenvalue weighted by molar-refractivity contribution is 6.67. The lowest BCUT2D eigenvalue weighted by molar-refractivity contribution is -0.274. The van der Waals surface area contributed by atoms with Crippen LogP contribution in [0.15, 0.2) is 60.7 Å². The van der Waals surface area contributed by atoms with Crippen LogP contribution in [-0.2, 0) is 32.2 Å². The van der Waals surface area contributed by atoms with Crippen molar-refractivity contribution in [2.75, 3.05) is 13.2 Å². The highest BCUT2D eigenvalue weighted by Gasteiger charge is 2.48. The molecule has 1 aliphatic rings. The van der Waals surface area contributed by atoms with E-state index in [1.165, 1.54) is 0 Å². The molecule has 2 aromatic rings. The average Bonchev–Trinajstić information content (AvgIpc) is 2.82. The summed E-state index contributed by atoms with van der Waals surface area (Å²) in [5.41, 5.74) is 1.75. The number of halogens is 3.